The normalized spacial score (nSPS) is 12.9. The van der Waals surface area contributed by atoms with Crippen LogP contribution in [-0.2, 0) is 19.7 Å². The van der Waals surface area contributed by atoms with Gasteiger partial charge in [-0.2, -0.15) is 5.10 Å². The highest BCUT2D eigenvalue weighted by atomic mass is 32.2. The van der Waals surface area contributed by atoms with E-state index in [4.69, 9.17) is 0 Å². The monoisotopic (exact) mass is 491 g/mol. The second kappa shape index (κ2) is 9.64. The van der Waals surface area contributed by atoms with Crippen LogP contribution in [0.25, 0.3) is 16.3 Å². The fourth-order valence-electron chi connectivity index (χ4n) is 3.79. The predicted molar refractivity (Wildman–Crippen MR) is 130 cm³/mol. The highest BCUT2D eigenvalue weighted by Crippen LogP contribution is 2.37. The number of hydrogen-bond acceptors (Lipinski definition) is 6. The number of pyridine rings is 1. The van der Waals surface area contributed by atoms with Crippen LogP contribution in [0, 0.1) is 5.92 Å². The van der Waals surface area contributed by atoms with Crippen LogP contribution in [0.2, 0.25) is 0 Å². The number of hydrazone groups is 1. The number of aromatic nitrogens is 1. The van der Waals surface area contributed by atoms with Crippen molar-refractivity contribution < 1.29 is 21.6 Å². The molecule has 0 bridgehead atoms. The van der Waals surface area contributed by atoms with Crippen molar-refractivity contribution in [1.29, 1.82) is 0 Å². The van der Waals surface area contributed by atoms with Crippen LogP contribution >= 0.6 is 0 Å². The summed E-state index contributed by atoms with van der Waals surface area (Å²) < 4.78 is 55.1. The topological polar surface area (TPSA) is 114 Å². The number of benzene rings is 1. The first-order valence-electron chi connectivity index (χ1n) is 10.9. The van der Waals surface area contributed by atoms with Gasteiger partial charge in [-0.15, -0.1) is 0 Å². The van der Waals surface area contributed by atoms with E-state index in [1.165, 1.54) is 16.8 Å². The van der Waals surface area contributed by atoms with Gasteiger partial charge in [-0.05, 0) is 30.2 Å². The molecular formula is C23H29N3O5S2. The lowest BCUT2D eigenvalue weighted by Crippen LogP contribution is -2.23. The molecule has 1 N–H and O–H groups in total. The van der Waals surface area contributed by atoms with E-state index in [1.807, 2.05) is 26.0 Å². The molecule has 3 aromatic rings. The number of hydrogen-bond donors (Lipinski definition) is 1. The minimum absolute atomic E-state index is 0.0575. The molecular weight excluding hydrogens is 462 g/mol. The van der Waals surface area contributed by atoms with E-state index in [9.17, 15) is 21.6 Å². The average molecular weight is 492 g/mol. The number of nitrogens with one attached hydrogen (secondary N) is 1. The van der Waals surface area contributed by atoms with Crippen LogP contribution < -0.4 is 5.43 Å². The minimum Gasteiger partial charge on any atom is -0.309 e. The first-order chi connectivity index (χ1) is 15.5. The first kappa shape index (κ1) is 24.9. The van der Waals surface area contributed by atoms with Crippen molar-refractivity contribution in [3.63, 3.8) is 0 Å². The van der Waals surface area contributed by atoms with Gasteiger partial charge < -0.3 is 4.40 Å². The summed E-state index contributed by atoms with van der Waals surface area (Å²) in [5.74, 6) is -1.25. The zero-order valence-corrected chi connectivity index (χ0v) is 20.8. The summed E-state index contributed by atoms with van der Waals surface area (Å²) in [5, 5.41) is 5.20. The second-order valence-electron chi connectivity index (χ2n) is 8.23. The SMILES string of the molecule is CCCS(=O)(=O)c1c(S(=O)(=O)CCC)c2c3ccccc3ccn2c1C(=O)N/N=C\C(C)C. The van der Waals surface area contributed by atoms with Gasteiger partial charge in [0.25, 0.3) is 5.91 Å². The largest absolute Gasteiger partial charge is 0.309 e. The molecule has 0 saturated carbocycles. The number of nitrogens with zero attached hydrogens (tertiary/aromatic N) is 2. The molecule has 2 heterocycles. The van der Waals surface area contributed by atoms with Crippen LogP contribution in [0.3, 0.4) is 0 Å². The first-order valence-corrected chi connectivity index (χ1v) is 14.2. The summed E-state index contributed by atoms with van der Waals surface area (Å²) in [5.41, 5.74) is 2.31. The molecule has 0 aliphatic rings. The maximum Gasteiger partial charge on any atom is 0.289 e. The molecule has 0 fully saturated rings. The lowest BCUT2D eigenvalue weighted by atomic mass is 10.1. The van der Waals surface area contributed by atoms with Gasteiger partial charge in [0.15, 0.2) is 19.7 Å². The molecule has 33 heavy (non-hydrogen) atoms. The Morgan fingerprint density at radius 1 is 1.00 bits per heavy atom. The Morgan fingerprint density at radius 2 is 1.61 bits per heavy atom. The van der Waals surface area contributed by atoms with E-state index in [0.717, 1.165) is 5.39 Å². The smallest absolute Gasteiger partial charge is 0.289 e. The number of rotatable bonds is 9. The maximum absolute atomic E-state index is 13.5. The van der Waals surface area contributed by atoms with Crippen molar-refractivity contribution in [2.75, 3.05) is 11.5 Å². The molecule has 8 nitrogen and oxygen atoms in total. The van der Waals surface area contributed by atoms with Crippen LogP contribution in [-0.4, -0.2) is 44.9 Å². The Hall–Kier alpha value is -2.72. The number of fused-ring (bicyclic) bond motifs is 3. The molecule has 0 atom stereocenters. The molecule has 3 rings (SSSR count). The van der Waals surface area contributed by atoms with Gasteiger partial charge in [0, 0.05) is 17.8 Å². The minimum atomic E-state index is -4.10. The molecule has 0 radical (unpaired) electrons. The lowest BCUT2D eigenvalue weighted by molar-refractivity contribution is 0.0945. The molecule has 1 aromatic carbocycles. The van der Waals surface area contributed by atoms with E-state index in [2.05, 4.69) is 10.5 Å². The molecule has 2 aromatic heterocycles. The zero-order valence-electron chi connectivity index (χ0n) is 19.2. The van der Waals surface area contributed by atoms with Crippen molar-refractivity contribution in [2.24, 2.45) is 11.0 Å². The van der Waals surface area contributed by atoms with Gasteiger partial charge in [-0.25, -0.2) is 22.3 Å². The average Bonchev–Trinajstić information content (AvgIpc) is 3.11. The van der Waals surface area contributed by atoms with Gasteiger partial charge in [0.1, 0.15) is 15.5 Å². The summed E-state index contributed by atoms with van der Waals surface area (Å²) in [4.78, 5) is 12.5. The van der Waals surface area contributed by atoms with E-state index in [-0.39, 0.29) is 40.0 Å². The summed E-state index contributed by atoms with van der Waals surface area (Å²) in [6.07, 6.45) is 3.62. The highest BCUT2D eigenvalue weighted by molar-refractivity contribution is 7.94. The van der Waals surface area contributed by atoms with Crippen molar-refractivity contribution >= 4 is 48.1 Å². The number of amides is 1. The number of carbonyl (C=O) groups excluding carboxylic acids is 1. The zero-order chi connectivity index (χ0) is 24.4. The van der Waals surface area contributed by atoms with E-state index < -0.39 is 30.5 Å². The third-order valence-corrected chi connectivity index (χ3v) is 9.12. The molecule has 178 valence electrons. The Bertz CT molecular complexity index is 1440. The molecule has 0 aliphatic heterocycles. The highest BCUT2D eigenvalue weighted by Gasteiger charge is 2.37. The van der Waals surface area contributed by atoms with E-state index >= 15 is 0 Å². The number of sulfone groups is 2. The maximum atomic E-state index is 13.5. The predicted octanol–water partition coefficient (Wildman–Crippen LogP) is 3.83. The second-order valence-corrected chi connectivity index (χ2v) is 12.3. The summed E-state index contributed by atoms with van der Waals surface area (Å²) in [6.45, 7) is 7.15. The van der Waals surface area contributed by atoms with Gasteiger partial charge >= 0.3 is 0 Å². The molecule has 0 unspecified atom stereocenters. The van der Waals surface area contributed by atoms with Crippen LogP contribution in [0.5, 0.6) is 0 Å². The lowest BCUT2D eigenvalue weighted by Gasteiger charge is -2.09. The van der Waals surface area contributed by atoms with Crippen molar-refractivity contribution in [1.82, 2.24) is 9.83 Å². The van der Waals surface area contributed by atoms with Gasteiger partial charge in [-0.3, -0.25) is 4.79 Å². The summed E-state index contributed by atoms with van der Waals surface area (Å²) in [6, 6.07) is 8.82. The third kappa shape index (κ3) is 4.81. The molecule has 0 aliphatic carbocycles. The van der Waals surface area contributed by atoms with Gasteiger partial charge in [-0.1, -0.05) is 52.0 Å². The van der Waals surface area contributed by atoms with E-state index in [0.29, 0.717) is 11.8 Å². The van der Waals surface area contributed by atoms with Crippen molar-refractivity contribution in [3.05, 3.63) is 42.2 Å². The third-order valence-electron chi connectivity index (χ3n) is 5.06. The molecule has 0 saturated heterocycles. The van der Waals surface area contributed by atoms with Gasteiger partial charge in [0.2, 0.25) is 0 Å². The van der Waals surface area contributed by atoms with Crippen LogP contribution in [0.15, 0.2) is 51.4 Å². The number of carbonyl (C=O) groups is 1. The quantitative estimate of drug-likeness (QED) is 0.361. The van der Waals surface area contributed by atoms with Gasteiger partial charge in [0.05, 0.1) is 17.0 Å². The summed E-state index contributed by atoms with van der Waals surface area (Å²) >= 11 is 0. The van der Waals surface area contributed by atoms with Crippen molar-refractivity contribution in [2.45, 2.75) is 50.3 Å². The molecule has 10 heteroatoms. The molecule has 0 spiro atoms. The van der Waals surface area contributed by atoms with Crippen LogP contribution in [0.4, 0.5) is 0 Å². The van der Waals surface area contributed by atoms with Crippen LogP contribution in [0.1, 0.15) is 51.0 Å². The summed E-state index contributed by atoms with van der Waals surface area (Å²) in [7, 11) is -8.13. The molecule has 1 amide bonds. The van der Waals surface area contributed by atoms with Crippen molar-refractivity contribution in [3.8, 4) is 0 Å². The van der Waals surface area contributed by atoms with E-state index in [1.54, 1.807) is 32.0 Å². The Kier molecular flexibility index (Phi) is 7.28. The Labute approximate surface area is 194 Å². The fraction of sp³-hybridized carbons (Fsp3) is 0.391. The fourth-order valence-corrected chi connectivity index (χ4v) is 7.78. The Morgan fingerprint density at radius 3 is 2.21 bits per heavy atom. The Balaban J connectivity index is 2.54. The standard InChI is InChI=1S/C23H29N3O5S2/c1-5-13-32(28,29)21-19-18-10-8-7-9-17(18)11-12-26(19)20(22(21)33(30,31)14-6-2)23(27)25-24-15-16(3)4/h7-12,15-16H,5-6,13-14H2,1-4H3,(H,25,27)/b24-15-.